The molecule has 1 fully saturated rings. The van der Waals surface area contributed by atoms with Crippen molar-refractivity contribution in [2.75, 3.05) is 26.2 Å². The van der Waals surface area contributed by atoms with Crippen molar-refractivity contribution in [3.63, 3.8) is 0 Å². The van der Waals surface area contributed by atoms with Gasteiger partial charge in [0, 0.05) is 46.0 Å². The number of rotatable bonds is 5. The van der Waals surface area contributed by atoms with E-state index in [1.807, 2.05) is 0 Å². The van der Waals surface area contributed by atoms with Gasteiger partial charge in [0.15, 0.2) is 0 Å². The number of piperazine rings is 1. The molecule has 1 aliphatic rings. The molecular formula is C14H19N7O5S. The van der Waals surface area contributed by atoms with Crippen molar-refractivity contribution in [3.05, 3.63) is 34.4 Å². The van der Waals surface area contributed by atoms with E-state index in [1.54, 1.807) is 14.0 Å². The molecule has 0 unspecified atom stereocenters. The fourth-order valence-corrected chi connectivity index (χ4v) is 4.34. The molecule has 146 valence electrons. The van der Waals surface area contributed by atoms with Crippen LogP contribution in [0.3, 0.4) is 0 Å². The maximum atomic E-state index is 12.8. The largest absolute Gasteiger partial charge is 0.334 e. The Hall–Kier alpha value is -2.80. The average molecular weight is 397 g/mol. The van der Waals surface area contributed by atoms with E-state index in [4.69, 9.17) is 0 Å². The Labute approximate surface area is 155 Å². The molecule has 0 atom stereocenters. The summed E-state index contributed by atoms with van der Waals surface area (Å²) in [4.78, 5) is 24.8. The van der Waals surface area contributed by atoms with Crippen molar-refractivity contribution in [1.82, 2.24) is 28.8 Å². The summed E-state index contributed by atoms with van der Waals surface area (Å²) in [5.41, 5.74) is -0.446. The Morgan fingerprint density at radius 2 is 1.89 bits per heavy atom. The summed E-state index contributed by atoms with van der Waals surface area (Å²) in [5.74, 6) is -0.528. The quantitative estimate of drug-likeness (QED) is 0.498. The molecule has 27 heavy (non-hydrogen) atoms. The van der Waals surface area contributed by atoms with E-state index in [0.29, 0.717) is 6.54 Å². The highest BCUT2D eigenvalue weighted by Crippen LogP contribution is 2.22. The van der Waals surface area contributed by atoms with Gasteiger partial charge in [-0.1, -0.05) is 0 Å². The molecule has 3 heterocycles. The Kier molecular flexibility index (Phi) is 4.97. The van der Waals surface area contributed by atoms with E-state index in [9.17, 15) is 23.3 Å². The smallest absolute Gasteiger partial charge is 0.320 e. The summed E-state index contributed by atoms with van der Waals surface area (Å²) in [6, 6.07) is 0. The van der Waals surface area contributed by atoms with Crippen LogP contribution >= 0.6 is 0 Å². The SMILES string of the molecule is CCn1ncc([N+](=O)[O-])c1C(=O)N1CCN(S(=O)(=O)c2cnn(C)c2)CC1. The number of aryl methyl sites for hydroxylation is 2. The summed E-state index contributed by atoms with van der Waals surface area (Å²) in [6.07, 6.45) is 3.74. The Morgan fingerprint density at radius 3 is 2.41 bits per heavy atom. The minimum Gasteiger partial charge on any atom is -0.334 e. The maximum Gasteiger partial charge on any atom is 0.320 e. The van der Waals surface area contributed by atoms with Crippen LogP contribution in [0.1, 0.15) is 17.4 Å². The summed E-state index contributed by atoms with van der Waals surface area (Å²) >= 11 is 0. The van der Waals surface area contributed by atoms with Crippen LogP contribution in [0.2, 0.25) is 0 Å². The summed E-state index contributed by atoms with van der Waals surface area (Å²) in [6.45, 7) is 2.49. The van der Waals surface area contributed by atoms with Crippen LogP contribution in [-0.4, -0.2) is 74.2 Å². The van der Waals surface area contributed by atoms with Crippen LogP contribution in [0.15, 0.2) is 23.5 Å². The van der Waals surface area contributed by atoms with Crippen LogP contribution in [0.25, 0.3) is 0 Å². The van der Waals surface area contributed by atoms with Crippen molar-refractivity contribution >= 4 is 21.6 Å². The van der Waals surface area contributed by atoms with Gasteiger partial charge in [-0.3, -0.25) is 24.3 Å². The molecule has 0 aliphatic carbocycles. The molecule has 0 spiro atoms. The van der Waals surface area contributed by atoms with Crippen molar-refractivity contribution in [3.8, 4) is 0 Å². The molecule has 2 aromatic heterocycles. The molecular weight excluding hydrogens is 378 g/mol. The maximum absolute atomic E-state index is 12.8. The molecule has 1 saturated heterocycles. The van der Waals surface area contributed by atoms with Crippen LogP contribution in [0.4, 0.5) is 5.69 Å². The van der Waals surface area contributed by atoms with Gasteiger partial charge >= 0.3 is 5.69 Å². The zero-order chi connectivity index (χ0) is 19.8. The molecule has 0 saturated carbocycles. The lowest BCUT2D eigenvalue weighted by molar-refractivity contribution is -0.385. The topological polar surface area (TPSA) is 136 Å². The number of carbonyl (C=O) groups is 1. The van der Waals surface area contributed by atoms with Gasteiger partial charge in [0.1, 0.15) is 11.1 Å². The summed E-state index contributed by atoms with van der Waals surface area (Å²) < 4.78 is 29.2. The summed E-state index contributed by atoms with van der Waals surface area (Å²) in [5, 5.41) is 18.9. The molecule has 2 aromatic rings. The van der Waals surface area contributed by atoms with E-state index in [-0.39, 0.29) is 42.5 Å². The molecule has 12 nitrogen and oxygen atoms in total. The van der Waals surface area contributed by atoms with Crippen LogP contribution < -0.4 is 0 Å². The Morgan fingerprint density at radius 1 is 1.22 bits per heavy atom. The first-order valence-electron chi connectivity index (χ1n) is 8.24. The second-order valence-corrected chi connectivity index (χ2v) is 7.94. The number of nitro groups is 1. The predicted molar refractivity (Wildman–Crippen MR) is 92.4 cm³/mol. The van der Waals surface area contributed by atoms with Crippen LogP contribution in [-0.2, 0) is 23.6 Å². The monoisotopic (exact) mass is 397 g/mol. The molecule has 1 amide bonds. The van der Waals surface area contributed by atoms with Crippen LogP contribution in [0, 0.1) is 10.1 Å². The van der Waals surface area contributed by atoms with Gasteiger partial charge in [-0.2, -0.15) is 14.5 Å². The van der Waals surface area contributed by atoms with E-state index in [0.717, 1.165) is 6.20 Å². The van der Waals surface area contributed by atoms with Gasteiger partial charge in [-0.25, -0.2) is 8.42 Å². The molecule has 0 radical (unpaired) electrons. The predicted octanol–water partition coefficient (Wildman–Crippen LogP) is -0.309. The highest BCUT2D eigenvalue weighted by molar-refractivity contribution is 7.89. The Balaban J connectivity index is 1.76. The van der Waals surface area contributed by atoms with E-state index in [1.165, 1.54) is 31.0 Å². The average Bonchev–Trinajstić information content (AvgIpc) is 3.27. The number of carbonyl (C=O) groups excluding carboxylic acids is 1. The third-order valence-corrected chi connectivity index (χ3v) is 6.22. The second-order valence-electron chi connectivity index (χ2n) is 6.00. The first-order valence-corrected chi connectivity index (χ1v) is 9.68. The number of sulfonamides is 1. The van der Waals surface area contributed by atoms with Gasteiger partial charge in [-0.15, -0.1) is 0 Å². The first kappa shape index (κ1) is 19.0. The highest BCUT2D eigenvalue weighted by Gasteiger charge is 2.35. The minimum absolute atomic E-state index is 0.0875. The van der Waals surface area contributed by atoms with E-state index >= 15 is 0 Å². The highest BCUT2D eigenvalue weighted by atomic mass is 32.2. The second kappa shape index (κ2) is 7.08. The van der Waals surface area contributed by atoms with Gasteiger partial charge in [0.05, 0.1) is 11.1 Å². The molecule has 0 N–H and O–H groups in total. The van der Waals surface area contributed by atoms with Crippen molar-refractivity contribution in [2.45, 2.75) is 18.4 Å². The van der Waals surface area contributed by atoms with Gasteiger partial charge in [0.25, 0.3) is 5.91 Å². The van der Waals surface area contributed by atoms with E-state index in [2.05, 4.69) is 10.2 Å². The van der Waals surface area contributed by atoms with Crippen LogP contribution in [0.5, 0.6) is 0 Å². The van der Waals surface area contributed by atoms with Gasteiger partial charge in [-0.05, 0) is 6.92 Å². The zero-order valence-corrected chi connectivity index (χ0v) is 15.7. The molecule has 1 aliphatic heterocycles. The van der Waals surface area contributed by atoms with Gasteiger partial charge in [0.2, 0.25) is 15.7 Å². The molecule has 3 rings (SSSR count). The lowest BCUT2D eigenvalue weighted by atomic mass is 10.2. The molecule has 13 heteroatoms. The molecule has 0 aromatic carbocycles. The fourth-order valence-electron chi connectivity index (χ4n) is 2.93. The van der Waals surface area contributed by atoms with Crippen molar-refractivity contribution in [2.24, 2.45) is 7.05 Å². The number of aromatic nitrogens is 4. The first-order chi connectivity index (χ1) is 12.8. The third-order valence-electron chi connectivity index (χ3n) is 4.36. The Bertz CT molecular complexity index is 972. The number of nitrogens with zero attached hydrogens (tertiary/aromatic N) is 7. The minimum atomic E-state index is -3.69. The van der Waals surface area contributed by atoms with Crippen molar-refractivity contribution in [1.29, 1.82) is 0 Å². The lowest BCUT2D eigenvalue weighted by Gasteiger charge is -2.33. The van der Waals surface area contributed by atoms with Crippen molar-refractivity contribution < 1.29 is 18.1 Å². The normalized spacial score (nSPS) is 15.9. The summed E-state index contributed by atoms with van der Waals surface area (Å²) in [7, 11) is -2.07. The number of hydrogen-bond donors (Lipinski definition) is 0. The standard InChI is InChI=1S/C14H19N7O5S/c1-3-20-13(12(9-16-20)21(23)24)14(22)18-4-6-19(7-5-18)27(25,26)11-8-15-17(2)10-11/h8-10H,3-7H2,1-2H3. The fraction of sp³-hybridized carbons (Fsp3) is 0.500. The number of hydrogen-bond acceptors (Lipinski definition) is 7. The zero-order valence-electron chi connectivity index (χ0n) is 14.8. The van der Waals surface area contributed by atoms with Gasteiger partial charge < -0.3 is 4.90 Å². The molecule has 0 bridgehead atoms. The third kappa shape index (κ3) is 3.42. The lowest BCUT2D eigenvalue weighted by Crippen LogP contribution is -2.50. The van der Waals surface area contributed by atoms with E-state index < -0.39 is 20.9 Å². The number of amides is 1.